The predicted molar refractivity (Wildman–Crippen MR) is 34.2 cm³/mol. The molecule has 0 aromatic rings. The Bertz CT molecular complexity index is 159. The molecule has 2 atom stereocenters. The van der Waals surface area contributed by atoms with Gasteiger partial charge in [0.2, 0.25) is 0 Å². The Morgan fingerprint density at radius 2 is 2.25 bits per heavy atom. The third-order valence-corrected chi connectivity index (χ3v) is 1.44. The molecular weight excluding hydrogens is 259 g/mol. The molecule has 0 radical (unpaired) electrons. The van der Waals surface area contributed by atoms with Crippen LogP contribution >= 0.6 is 0 Å². The van der Waals surface area contributed by atoms with Gasteiger partial charge in [-0.1, -0.05) is 0 Å². The molecule has 0 unspecified atom stereocenters. The van der Waals surface area contributed by atoms with Crippen LogP contribution < -0.4 is 0 Å². The zero-order valence-electron chi connectivity index (χ0n) is 6.47. The number of carbonyl (C=O) groups is 1. The first kappa shape index (κ1) is 12.0. The largest absolute Gasteiger partial charge is 0.389 e. The van der Waals surface area contributed by atoms with Crippen molar-refractivity contribution in [2.24, 2.45) is 0 Å². The van der Waals surface area contributed by atoms with Gasteiger partial charge in [0.05, 0.1) is 13.1 Å². The van der Waals surface area contributed by atoms with Gasteiger partial charge >= 0.3 is 5.97 Å². The van der Waals surface area contributed by atoms with Gasteiger partial charge in [0, 0.05) is 27.3 Å². The first-order valence-electron chi connectivity index (χ1n) is 3.35. The van der Waals surface area contributed by atoms with Crippen molar-refractivity contribution in [3.63, 3.8) is 0 Å². The third-order valence-electron chi connectivity index (χ3n) is 1.44. The van der Waals surface area contributed by atoms with Crippen molar-refractivity contribution in [3.05, 3.63) is 0 Å². The number of carbonyl (C=O) groups excluding carboxylic acids is 1. The van der Waals surface area contributed by atoms with Crippen LogP contribution in [0.1, 0.15) is 6.92 Å². The summed E-state index contributed by atoms with van der Waals surface area (Å²) in [6.45, 7) is 1.25. The van der Waals surface area contributed by atoms with E-state index in [4.69, 9.17) is 5.11 Å². The molecule has 0 aliphatic carbocycles. The summed E-state index contributed by atoms with van der Waals surface area (Å²) in [4.78, 5) is 14.9. The van der Waals surface area contributed by atoms with Crippen molar-refractivity contribution in [3.8, 4) is 0 Å². The molecule has 0 spiro atoms. The van der Waals surface area contributed by atoms with E-state index in [2.05, 4.69) is 4.84 Å². The van der Waals surface area contributed by atoms with E-state index in [1.54, 1.807) is 0 Å². The maximum Gasteiger partial charge on any atom is 0.322 e. The summed E-state index contributed by atoms with van der Waals surface area (Å²) in [5, 5.41) is 10.00. The minimum Gasteiger partial charge on any atom is -0.389 e. The smallest absolute Gasteiger partial charge is 0.322 e. The normalized spacial score (nSPS) is 29.6. The van der Waals surface area contributed by atoms with Gasteiger partial charge in [-0.25, -0.2) is 4.39 Å². The number of aliphatic hydroxyl groups is 1. The maximum atomic E-state index is 12.5. The fraction of sp³-hybridized carbons (Fsp3) is 0.833. The SMILES string of the molecule is CC(=O)ON1C[C@@H](O)[C@H](F)C1.[Pd]. The third kappa shape index (κ3) is 3.15. The van der Waals surface area contributed by atoms with Crippen molar-refractivity contribution in [1.82, 2.24) is 5.06 Å². The summed E-state index contributed by atoms with van der Waals surface area (Å²) in [5.74, 6) is -0.494. The van der Waals surface area contributed by atoms with Gasteiger partial charge in [0.25, 0.3) is 0 Å². The van der Waals surface area contributed by atoms with Gasteiger partial charge in [0.15, 0.2) is 0 Å². The Morgan fingerprint density at radius 1 is 1.67 bits per heavy atom. The molecule has 4 nitrogen and oxygen atoms in total. The molecule has 74 valence electrons. The van der Waals surface area contributed by atoms with E-state index < -0.39 is 18.2 Å². The number of hydroxylamine groups is 2. The second-order valence-corrected chi connectivity index (χ2v) is 2.51. The molecule has 0 saturated carbocycles. The molecular formula is C6H10FNO3Pd. The van der Waals surface area contributed by atoms with Crippen LogP contribution in [-0.4, -0.2) is 41.5 Å². The first-order valence-corrected chi connectivity index (χ1v) is 3.35. The van der Waals surface area contributed by atoms with E-state index in [0.29, 0.717) is 0 Å². The van der Waals surface area contributed by atoms with Gasteiger partial charge < -0.3 is 9.94 Å². The predicted octanol–water partition coefficient (Wildman–Crippen LogP) is -0.523. The van der Waals surface area contributed by atoms with Crippen LogP contribution in [0, 0.1) is 0 Å². The summed E-state index contributed by atoms with van der Waals surface area (Å²) in [6, 6.07) is 0. The number of aliphatic hydroxyl groups excluding tert-OH is 1. The number of alkyl halides is 1. The first-order chi connectivity index (χ1) is 5.09. The molecule has 1 aliphatic heterocycles. The Kier molecular flexibility index (Phi) is 4.87. The van der Waals surface area contributed by atoms with Gasteiger partial charge in [-0.05, 0) is 0 Å². The van der Waals surface area contributed by atoms with Crippen LogP contribution in [0.15, 0.2) is 0 Å². The Hall–Kier alpha value is -0.0177. The van der Waals surface area contributed by atoms with E-state index in [1.165, 1.54) is 6.92 Å². The van der Waals surface area contributed by atoms with Crippen molar-refractivity contribution in [1.29, 1.82) is 0 Å². The maximum absolute atomic E-state index is 12.5. The number of hydrogen-bond acceptors (Lipinski definition) is 4. The quantitative estimate of drug-likeness (QED) is 0.651. The molecule has 1 fully saturated rings. The molecule has 1 aliphatic rings. The average molecular weight is 270 g/mol. The van der Waals surface area contributed by atoms with E-state index in [-0.39, 0.29) is 33.5 Å². The van der Waals surface area contributed by atoms with Crippen LogP contribution in [0.2, 0.25) is 0 Å². The van der Waals surface area contributed by atoms with Crippen molar-refractivity contribution < 1.29 is 39.6 Å². The van der Waals surface area contributed by atoms with Crippen molar-refractivity contribution >= 4 is 5.97 Å². The average Bonchev–Trinajstić information content (AvgIpc) is 2.10. The summed E-state index contributed by atoms with van der Waals surface area (Å²) in [7, 11) is 0. The van der Waals surface area contributed by atoms with Crippen molar-refractivity contribution in [2.75, 3.05) is 13.1 Å². The molecule has 1 N–H and O–H groups in total. The molecule has 1 saturated heterocycles. The Labute approximate surface area is 83.3 Å². The van der Waals surface area contributed by atoms with Gasteiger partial charge in [-0.2, -0.15) is 0 Å². The Balaban J connectivity index is 0.00000121. The van der Waals surface area contributed by atoms with Gasteiger partial charge in [0.1, 0.15) is 12.3 Å². The zero-order chi connectivity index (χ0) is 8.43. The molecule has 1 heterocycles. The van der Waals surface area contributed by atoms with Gasteiger partial charge in [-0.15, -0.1) is 5.06 Å². The van der Waals surface area contributed by atoms with E-state index in [9.17, 15) is 9.18 Å². The summed E-state index contributed by atoms with van der Waals surface area (Å²) >= 11 is 0. The van der Waals surface area contributed by atoms with E-state index in [1.807, 2.05) is 0 Å². The molecule has 12 heavy (non-hydrogen) atoms. The van der Waals surface area contributed by atoms with Crippen LogP contribution in [0.5, 0.6) is 0 Å². The monoisotopic (exact) mass is 269 g/mol. The van der Waals surface area contributed by atoms with E-state index >= 15 is 0 Å². The number of nitrogens with zero attached hydrogens (tertiary/aromatic N) is 1. The summed E-state index contributed by atoms with van der Waals surface area (Å²) < 4.78 is 12.5. The Morgan fingerprint density at radius 3 is 2.58 bits per heavy atom. The molecule has 0 aromatic heterocycles. The second-order valence-electron chi connectivity index (χ2n) is 2.51. The van der Waals surface area contributed by atoms with E-state index in [0.717, 1.165) is 5.06 Å². The minimum absolute atomic E-state index is 0. The second kappa shape index (κ2) is 4.88. The van der Waals surface area contributed by atoms with Crippen LogP contribution in [0.4, 0.5) is 4.39 Å². The molecule has 1 rings (SSSR count). The standard InChI is InChI=1S/C6H10FNO3.Pd/c1-4(9)11-8-2-5(7)6(10)3-8;/h5-6,10H,2-3H2,1H3;/t5-,6-;/m1./s1. The number of hydrogen-bond donors (Lipinski definition) is 1. The fourth-order valence-electron chi connectivity index (χ4n) is 0.970. The summed E-state index contributed by atoms with van der Waals surface area (Å²) in [5.41, 5.74) is 0. The molecule has 0 amide bonds. The van der Waals surface area contributed by atoms with Crippen LogP contribution in [0.25, 0.3) is 0 Å². The molecule has 0 aromatic carbocycles. The van der Waals surface area contributed by atoms with Gasteiger partial charge in [-0.3, -0.25) is 4.79 Å². The zero-order valence-corrected chi connectivity index (χ0v) is 8.03. The number of rotatable bonds is 1. The number of β-amino-alcohol motifs (C(OH)–C–C–N with tert-alkyl or cyclic N) is 1. The molecule has 0 bridgehead atoms. The van der Waals surface area contributed by atoms with Crippen LogP contribution in [-0.2, 0) is 30.1 Å². The topological polar surface area (TPSA) is 49.8 Å². The van der Waals surface area contributed by atoms with Crippen LogP contribution in [0.3, 0.4) is 0 Å². The molecule has 6 heteroatoms. The van der Waals surface area contributed by atoms with Crippen molar-refractivity contribution in [2.45, 2.75) is 19.2 Å². The summed E-state index contributed by atoms with van der Waals surface area (Å²) in [6.07, 6.45) is -2.34. The number of halogens is 1. The fourth-order valence-corrected chi connectivity index (χ4v) is 0.970. The minimum atomic E-state index is -1.31.